The molecule has 0 aliphatic heterocycles. The van der Waals surface area contributed by atoms with Crippen LogP contribution in [-0.4, -0.2) is 56.9 Å². The summed E-state index contributed by atoms with van der Waals surface area (Å²) in [6.45, 7) is 8.58. The third kappa shape index (κ3) is 37.0. The smallest absolute Gasteiger partial charge is 0.206 e. The molecule has 0 aliphatic carbocycles. The Bertz CT molecular complexity index is 440. The van der Waals surface area contributed by atoms with Gasteiger partial charge in [-0.25, -0.2) is 0 Å². The van der Waals surface area contributed by atoms with Crippen molar-refractivity contribution in [2.45, 2.75) is 194 Å². The molecular weight excluding hydrogens is 632 g/mol. The largest absolute Gasteiger partial charge is 1.00 e. The summed E-state index contributed by atoms with van der Waals surface area (Å²) in [5.74, 6) is 0. The van der Waals surface area contributed by atoms with Gasteiger partial charge in [-0.1, -0.05) is 168 Å². The van der Waals surface area contributed by atoms with Crippen LogP contribution < -0.4 is 34.0 Å². The molecule has 0 fully saturated rings. The molecule has 0 amide bonds. The molecule has 0 spiro atoms. The highest BCUT2D eigenvalue weighted by atomic mass is 79.9. The molecule has 2 nitrogen and oxygen atoms in total. The molecule has 0 saturated carbocycles. The van der Waals surface area contributed by atoms with Crippen molar-refractivity contribution >= 4 is 0 Å². The first-order valence-corrected chi connectivity index (χ1v) is 18.5. The van der Waals surface area contributed by atoms with Gasteiger partial charge >= 0.3 is 0 Å². The third-order valence-corrected chi connectivity index (χ3v) is 9.00. The lowest BCUT2D eigenvalue weighted by atomic mass is 10.0. The molecule has 4 heteroatoms. The zero-order valence-corrected chi connectivity index (χ0v) is 32.7. The van der Waals surface area contributed by atoms with E-state index in [4.69, 9.17) is 0 Å². The van der Waals surface area contributed by atoms with Crippen LogP contribution in [0.2, 0.25) is 0 Å². The number of rotatable bonds is 32. The molecule has 0 N–H and O–H groups in total. The molecule has 0 atom stereocenters. The highest BCUT2D eigenvalue weighted by molar-refractivity contribution is 4.51. The number of hydrogen-bond acceptors (Lipinski definition) is 0. The molecule has 0 aliphatic rings. The summed E-state index contributed by atoms with van der Waals surface area (Å²) in [4.78, 5) is 0. The van der Waals surface area contributed by atoms with Crippen molar-refractivity contribution in [2.24, 2.45) is 0 Å². The van der Waals surface area contributed by atoms with Crippen molar-refractivity contribution in [3.05, 3.63) is 0 Å². The number of hydrogen-bond donors (Lipinski definition) is 0. The van der Waals surface area contributed by atoms with Crippen LogP contribution in [0.25, 0.3) is 0 Å². The first-order valence-electron chi connectivity index (χ1n) is 18.5. The summed E-state index contributed by atoms with van der Waals surface area (Å²) < 4.78 is 2.37. The third-order valence-electron chi connectivity index (χ3n) is 9.00. The summed E-state index contributed by atoms with van der Waals surface area (Å²) in [6.07, 6.45) is 40.7. The van der Waals surface area contributed by atoms with E-state index in [0.29, 0.717) is 0 Å². The van der Waals surface area contributed by atoms with Crippen LogP contribution in [0.3, 0.4) is 0 Å². The highest BCUT2D eigenvalue weighted by Crippen LogP contribution is 2.16. The number of unbranched alkanes of at least 4 members (excludes halogenated alkanes) is 26. The summed E-state index contributed by atoms with van der Waals surface area (Å²) in [5, 5.41) is 0. The average Bonchev–Trinajstić information content (AvgIpc) is 2.88. The minimum absolute atomic E-state index is 0. The van der Waals surface area contributed by atoms with Crippen molar-refractivity contribution in [1.29, 1.82) is 0 Å². The van der Waals surface area contributed by atoms with Crippen molar-refractivity contribution in [3.63, 3.8) is 0 Å². The van der Waals surface area contributed by atoms with Gasteiger partial charge in [0, 0.05) is 0 Å². The van der Waals surface area contributed by atoms with Gasteiger partial charge in [0.2, 0.25) is 6.67 Å². The summed E-state index contributed by atoms with van der Waals surface area (Å²) >= 11 is 0. The minimum atomic E-state index is 0. The van der Waals surface area contributed by atoms with Gasteiger partial charge in [-0.3, -0.25) is 8.97 Å². The Balaban J connectivity index is -0.00000722. The SMILES string of the molecule is CCCCCCCCCCCCCCCC[N+](C)(C)C[N+](C)(C)CCCCCCCCCCCCCCCC.[Br-].[Br-]. The maximum absolute atomic E-state index is 2.47. The fourth-order valence-corrected chi connectivity index (χ4v) is 6.65. The zero-order valence-electron chi connectivity index (χ0n) is 29.6. The van der Waals surface area contributed by atoms with Gasteiger partial charge in [-0.05, 0) is 25.7 Å². The van der Waals surface area contributed by atoms with Crippen molar-refractivity contribution in [1.82, 2.24) is 0 Å². The lowest BCUT2D eigenvalue weighted by Gasteiger charge is -2.39. The van der Waals surface area contributed by atoms with Crippen LogP contribution in [-0.2, 0) is 0 Å². The maximum Gasteiger partial charge on any atom is 0.206 e. The molecular formula is C37H80Br2N2. The van der Waals surface area contributed by atoms with Gasteiger partial charge in [-0.2, -0.15) is 0 Å². The Morgan fingerprint density at radius 3 is 0.634 bits per heavy atom. The van der Waals surface area contributed by atoms with Crippen LogP contribution in [0.5, 0.6) is 0 Å². The second kappa shape index (κ2) is 33.8. The standard InChI is InChI=1S/C37H80N2.2BrH/c1-7-9-11-13-15-17-19-21-23-25-27-29-31-33-35-38(3,4)37-39(5,6)36-34-32-30-28-26-24-22-20-18-16-14-12-10-8-2;;/h7-37H2,1-6H3;2*1H/q+2;;/p-2. The normalized spacial score (nSPS) is 11.9. The fourth-order valence-electron chi connectivity index (χ4n) is 6.65. The lowest BCUT2D eigenvalue weighted by Crippen LogP contribution is -3.00. The van der Waals surface area contributed by atoms with E-state index in [1.54, 1.807) is 0 Å². The van der Waals surface area contributed by atoms with E-state index in [1.807, 2.05) is 0 Å². The molecule has 0 aromatic heterocycles. The highest BCUT2D eigenvalue weighted by Gasteiger charge is 2.26. The van der Waals surface area contributed by atoms with E-state index in [-0.39, 0.29) is 34.0 Å². The van der Waals surface area contributed by atoms with Crippen LogP contribution in [0.1, 0.15) is 194 Å². The zero-order chi connectivity index (χ0) is 28.9. The monoisotopic (exact) mass is 710 g/mol. The molecule has 41 heavy (non-hydrogen) atoms. The molecule has 0 radical (unpaired) electrons. The van der Waals surface area contributed by atoms with Crippen LogP contribution in [0, 0.1) is 0 Å². The Hall–Kier alpha value is 0.880. The maximum atomic E-state index is 2.47. The predicted molar refractivity (Wildman–Crippen MR) is 179 cm³/mol. The van der Waals surface area contributed by atoms with E-state index in [0.717, 1.165) is 0 Å². The minimum Gasteiger partial charge on any atom is -1.00 e. The van der Waals surface area contributed by atoms with Gasteiger partial charge in [0.25, 0.3) is 0 Å². The number of halogens is 2. The van der Waals surface area contributed by atoms with Gasteiger partial charge in [0.05, 0.1) is 41.3 Å². The van der Waals surface area contributed by atoms with E-state index in [9.17, 15) is 0 Å². The Kier molecular flexibility index (Phi) is 38.1. The van der Waals surface area contributed by atoms with Crippen molar-refractivity contribution in [3.8, 4) is 0 Å². The second-order valence-corrected chi connectivity index (χ2v) is 14.7. The first kappa shape index (κ1) is 46.3. The van der Waals surface area contributed by atoms with Crippen LogP contribution in [0.15, 0.2) is 0 Å². The molecule has 0 rings (SSSR count). The molecule has 0 aromatic carbocycles. The van der Waals surface area contributed by atoms with Crippen LogP contribution >= 0.6 is 0 Å². The van der Waals surface area contributed by atoms with Crippen LogP contribution in [0.4, 0.5) is 0 Å². The van der Waals surface area contributed by atoms with Gasteiger partial charge in [0.15, 0.2) is 0 Å². The summed E-state index contributed by atoms with van der Waals surface area (Å²) in [6, 6.07) is 0. The molecule has 252 valence electrons. The fraction of sp³-hybridized carbons (Fsp3) is 1.00. The van der Waals surface area contributed by atoms with E-state index in [1.165, 1.54) is 209 Å². The summed E-state index contributed by atoms with van der Waals surface area (Å²) in [5.41, 5.74) is 0. The predicted octanol–water partition coefficient (Wildman–Crippen LogP) is 6.07. The van der Waals surface area contributed by atoms with E-state index < -0.39 is 0 Å². The summed E-state index contributed by atoms with van der Waals surface area (Å²) in [7, 11) is 9.86. The Morgan fingerprint density at radius 2 is 0.439 bits per heavy atom. The van der Waals surface area contributed by atoms with E-state index in [2.05, 4.69) is 42.0 Å². The Morgan fingerprint density at radius 1 is 0.268 bits per heavy atom. The van der Waals surface area contributed by atoms with Gasteiger partial charge < -0.3 is 34.0 Å². The topological polar surface area (TPSA) is 0 Å². The molecule has 0 aromatic rings. The first-order chi connectivity index (χ1) is 18.8. The van der Waals surface area contributed by atoms with Gasteiger partial charge in [-0.15, -0.1) is 0 Å². The quantitative estimate of drug-likeness (QED) is 0.0452. The lowest BCUT2D eigenvalue weighted by molar-refractivity contribution is -1.07. The molecule has 0 saturated heterocycles. The second-order valence-electron chi connectivity index (χ2n) is 14.7. The van der Waals surface area contributed by atoms with Gasteiger partial charge in [0.1, 0.15) is 0 Å². The van der Waals surface area contributed by atoms with Crippen molar-refractivity contribution in [2.75, 3.05) is 47.9 Å². The molecule has 0 unspecified atom stereocenters. The van der Waals surface area contributed by atoms with E-state index >= 15 is 0 Å². The molecule has 0 heterocycles. The Labute approximate surface area is 283 Å². The number of quaternary nitrogens is 2. The number of nitrogens with zero attached hydrogens (tertiary/aromatic N) is 2. The average molecular weight is 713 g/mol. The van der Waals surface area contributed by atoms with Crippen molar-refractivity contribution < 1.29 is 42.9 Å². The molecule has 0 bridgehead atoms.